The Morgan fingerprint density at radius 2 is 1.97 bits per heavy atom. The molecule has 1 heterocycles. The molecule has 0 bridgehead atoms. The molecule has 158 valence electrons. The molecule has 4 heteroatoms. The molecule has 0 spiro atoms. The molecular formula is C26H30FNO2. The van der Waals surface area contributed by atoms with Crippen molar-refractivity contribution in [2.75, 3.05) is 0 Å². The van der Waals surface area contributed by atoms with Crippen molar-refractivity contribution in [3.63, 3.8) is 0 Å². The van der Waals surface area contributed by atoms with Gasteiger partial charge < -0.3 is 9.67 Å². The number of unbranched alkanes of at least 4 members (excludes halogenated alkanes) is 3. The van der Waals surface area contributed by atoms with Gasteiger partial charge in [-0.2, -0.15) is 0 Å². The zero-order chi connectivity index (χ0) is 21.1. The molecule has 1 aliphatic carbocycles. The first-order valence-corrected chi connectivity index (χ1v) is 11.2. The minimum absolute atomic E-state index is 0.243. The molecule has 1 aromatic heterocycles. The molecule has 0 saturated carbocycles. The van der Waals surface area contributed by atoms with Crippen molar-refractivity contribution in [3.05, 3.63) is 70.7 Å². The quantitative estimate of drug-likeness (QED) is 0.427. The third-order valence-electron chi connectivity index (χ3n) is 6.57. The Morgan fingerprint density at radius 1 is 1.13 bits per heavy atom. The molecule has 0 radical (unpaired) electrons. The number of benzene rings is 2. The lowest BCUT2D eigenvalue weighted by molar-refractivity contribution is 0.0698. The van der Waals surface area contributed by atoms with E-state index in [0.29, 0.717) is 23.6 Å². The molecule has 0 saturated heterocycles. The standard InChI is InChI=1S/C26H30FNO2/c1-2-3-4-5-9-18-14-15-20-21-11-8-12-22(26(29)30)25(21)28(24(20)16-18)17-19-10-6-7-13-23(19)27/h6-8,10-13,18H,2-5,9,14-17H2,1H3,(H,29,30). The van der Waals surface area contributed by atoms with Crippen LogP contribution in [0.15, 0.2) is 42.5 Å². The van der Waals surface area contributed by atoms with Crippen LogP contribution in [0.2, 0.25) is 0 Å². The molecule has 0 aliphatic heterocycles. The average Bonchev–Trinajstić information content (AvgIpc) is 3.06. The third-order valence-corrected chi connectivity index (χ3v) is 6.57. The van der Waals surface area contributed by atoms with Crippen molar-refractivity contribution >= 4 is 16.9 Å². The molecule has 1 atom stereocenters. The van der Waals surface area contributed by atoms with Crippen LogP contribution in [0.5, 0.6) is 0 Å². The second-order valence-corrected chi connectivity index (χ2v) is 8.57. The van der Waals surface area contributed by atoms with Crippen molar-refractivity contribution in [2.45, 2.75) is 64.8 Å². The van der Waals surface area contributed by atoms with Gasteiger partial charge in [-0.1, -0.05) is 69.4 Å². The number of carbonyl (C=O) groups is 1. The lowest BCUT2D eigenvalue weighted by Gasteiger charge is -2.24. The van der Waals surface area contributed by atoms with Gasteiger partial charge in [0.1, 0.15) is 5.82 Å². The minimum Gasteiger partial charge on any atom is -0.478 e. The molecule has 0 amide bonds. The fraction of sp³-hybridized carbons (Fsp3) is 0.423. The fourth-order valence-electron chi connectivity index (χ4n) is 5.02. The van der Waals surface area contributed by atoms with Crippen molar-refractivity contribution in [1.82, 2.24) is 4.57 Å². The van der Waals surface area contributed by atoms with Crippen LogP contribution in [-0.4, -0.2) is 15.6 Å². The first-order valence-electron chi connectivity index (χ1n) is 11.2. The van der Waals surface area contributed by atoms with Gasteiger partial charge in [0.2, 0.25) is 0 Å². The van der Waals surface area contributed by atoms with E-state index in [2.05, 4.69) is 11.5 Å². The summed E-state index contributed by atoms with van der Waals surface area (Å²) in [7, 11) is 0. The summed E-state index contributed by atoms with van der Waals surface area (Å²) in [5.74, 6) is -0.555. The number of hydrogen-bond acceptors (Lipinski definition) is 1. The Hall–Kier alpha value is -2.62. The highest BCUT2D eigenvalue weighted by molar-refractivity contribution is 6.04. The van der Waals surface area contributed by atoms with Gasteiger partial charge in [0.15, 0.2) is 0 Å². The number of aryl methyl sites for hydroxylation is 1. The maximum atomic E-state index is 14.5. The molecule has 0 fully saturated rings. The Labute approximate surface area is 177 Å². The van der Waals surface area contributed by atoms with Crippen LogP contribution in [0.4, 0.5) is 4.39 Å². The lowest BCUT2D eigenvalue weighted by atomic mass is 9.83. The van der Waals surface area contributed by atoms with E-state index in [1.54, 1.807) is 18.2 Å². The number of fused-ring (bicyclic) bond motifs is 3. The van der Waals surface area contributed by atoms with E-state index in [9.17, 15) is 14.3 Å². The van der Waals surface area contributed by atoms with E-state index in [0.717, 1.165) is 30.2 Å². The first-order chi connectivity index (χ1) is 14.6. The Balaban J connectivity index is 1.76. The van der Waals surface area contributed by atoms with Crippen LogP contribution in [0.25, 0.3) is 10.9 Å². The molecule has 4 rings (SSSR count). The van der Waals surface area contributed by atoms with Crippen LogP contribution in [-0.2, 0) is 19.4 Å². The van der Waals surface area contributed by atoms with E-state index in [1.807, 2.05) is 18.2 Å². The molecule has 1 aliphatic rings. The highest BCUT2D eigenvalue weighted by Crippen LogP contribution is 2.38. The summed E-state index contributed by atoms with van der Waals surface area (Å²) < 4.78 is 16.5. The first kappa shape index (κ1) is 20.6. The number of nitrogens with zero attached hydrogens (tertiary/aromatic N) is 1. The fourth-order valence-corrected chi connectivity index (χ4v) is 5.02. The smallest absolute Gasteiger partial charge is 0.337 e. The van der Waals surface area contributed by atoms with Gasteiger partial charge in [-0.3, -0.25) is 0 Å². The summed E-state index contributed by atoms with van der Waals surface area (Å²) in [5.41, 5.74) is 4.10. The number of carboxylic acid groups (broad SMARTS) is 1. The molecular weight excluding hydrogens is 377 g/mol. The highest BCUT2D eigenvalue weighted by Gasteiger charge is 2.27. The summed E-state index contributed by atoms with van der Waals surface area (Å²) in [5, 5.41) is 10.8. The third kappa shape index (κ3) is 4.00. The van der Waals surface area contributed by atoms with Gasteiger partial charge in [0.05, 0.1) is 17.6 Å². The monoisotopic (exact) mass is 407 g/mol. The van der Waals surface area contributed by atoms with E-state index in [-0.39, 0.29) is 5.82 Å². The van der Waals surface area contributed by atoms with Crippen LogP contribution in [0.3, 0.4) is 0 Å². The summed E-state index contributed by atoms with van der Waals surface area (Å²) in [4.78, 5) is 12.0. The van der Waals surface area contributed by atoms with E-state index in [1.165, 1.54) is 49.4 Å². The molecule has 3 nitrogen and oxygen atoms in total. The van der Waals surface area contributed by atoms with Crippen LogP contribution >= 0.6 is 0 Å². The highest BCUT2D eigenvalue weighted by atomic mass is 19.1. The van der Waals surface area contributed by atoms with E-state index >= 15 is 0 Å². The van der Waals surface area contributed by atoms with Gasteiger partial charge in [0.25, 0.3) is 0 Å². The van der Waals surface area contributed by atoms with Crippen LogP contribution < -0.4 is 0 Å². The average molecular weight is 408 g/mol. The molecule has 1 N–H and O–H groups in total. The van der Waals surface area contributed by atoms with Gasteiger partial charge in [-0.15, -0.1) is 0 Å². The lowest BCUT2D eigenvalue weighted by Crippen LogP contribution is -2.18. The van der Waals surface area contributed by atoms with Crippen molar-refractivity contribution in [1.29, 1.82) is 0 Å². The predicted molar refractivity (Wildman–Crippen MR) is 119 cm³/mol. The van der Waals surface area contributed by atoms with Crippen LogP contribution in [0.1, 0.15) is 72.6 Å². The molecule has 30 heavy (non-hydrogen) atoms. The molecule has 3 aromatic rings. The maximum Gasteiger partial charge on any atom is 0.337 e. The predicted octanol–water partition coefficient (Wildman–Crippen LogP) is 6.60. The number of aromatic nitrogens is 1. The van der Waals surface area contributed by atoms with Gasteiger partial charge in [-0.25, -0.2) is 9.18 Å². The Morgan fingerprint density at radius 3 is 2.73 bits per heavy atom. The van der Waals surface area contributed by atoms with Crippen LogP contribution in [0, 0.1) is 11.7 Å². The normalized spacial score (nSPS) is 16.0. The molecule has 1 unspecified atom stereocenters. The number of carboxylic acids is 1. The number of para-hydroxylation sites is 1. The SMILES string of the molecule is CCCCCCC1CCc2c(n(Cc3ccccc3F)c3c(C(=O)O)cccc23)C1. The number of halogens is 1. The zero-order valence-electron chi connectivity index (χ0n) is 17.7. The second-order valence-electron chi connectivity index (χ2n) is 8.57. The van der Waals surface area contributed by atoms with Gasteiger partial charge >= 0.3 is 5.97 Å². The van der Waals surface area contributed by atoms with Crippen molar-refractivity contribution in [2.24, 2.45) is 5.92 Å². The van der Waals surface area contributed by atoms with E-state index < -0.39 is 5.97 Å². The summed E-state index contributed by atoms with van der Waals surface area (Å²) in [6, 6.07) is 12.3. The van der Waals surface area contributed by atoms with E-state index in [4.69, 9.17) is 0 Å². The summed E-state index contributed by atoms with van der Waals surface area (Å²) >= 11 is 0. The van der Waals surface area contributed by atoms with Crippen molar-refractivity contribution in [3.8, 4) is 0 Å². The zero-order valence-corrected chi connectivity index (χ0v) is 17.7. The summed E-state index contributed by atoms with van der Waals surface area (Å²) in [6.45, 7) is 2.60. The molecule has 2 aromatic carbocycles. The number of aromatic carboxylic acids is 1. The minimum atomic E-state index is -0.929. The maximum absolute atomic E-state index is 14.5. The summed E-state index contributed by atoms with van der Waals surface area (Å²) in [6.07, 6.45) is 9.34. The Kier molecular flexibility index (Phi) is 6.21. The largest absolute Gasteiger partial charge is 0.478 e. The topological polar surface area (TPSA) is 42.2 Å². The van der Waals surface area contributed by atoms with Crippen molar-refractivity contribution < 1.29 is 14.3 Å². The Bertz CT molecular complexity index is 1050. The van der Waals surface area contributed by atoms with Gasteiger partial charge in [-0.05, 0) is 42.9 Å². The second kappa shape index (κ2) is 9.03. The number of hydrogen-bond donors (Lipinski definition) is 1. The van der Waals surface area contributed by atoms with Gasteiger partial charge in [0, 0.05) is 16.6 Å². The number of rotatable bonds is 8.